The van der Waals surface area contributed by atoms with Gasteiger partial charge in [0.15, 0.2) is 6.10 Å². The van der Waals surface area contributed by atoms with Gasteiger partial charge in [-0.05, 0) is 82.8 Å². The second kappa shape index (κ2) is 32.3. The standard InChI is InChI=1S/C43H72NO10P/c1-5-7-8-9-10-11-12-13-14-15-16-19-22-27-38(45)28-25-31-42(46)50-34-39(35-52-55(48,49)51-33-32-44)53-43(47)30-24-21-18-17-20-23-29-41-37(4)36(3)40(54-41)26-6-2/h10-11,13-14,16,19,22,27,38-39,45H,5-9,12,15,17-18,20-21,23-26,28-35,44H2,1-4H3,(H,48,49)/b11-10-,14-13-,19-16-,27-22+/t38-,39-/m1/s1. The fraction of sp³-hybridized carbons (Fsp3) is 0.674. The third kappa shape index (κ3) is 26.7. The van der Waals surface area contributed by atoms with Gasteiger partial charge >= 0.3 is 19.8 Å². The Morgan fingerprint density at radius 2 is 1.42 bits per heavy atom. The number of phosphoric ester groups is 1. The molecule has 0 saturated heterocycles. The van der Waals surface area contributed by atoms with E-state index in [0.717, 1.165) is 82.1 Å². The number of aryl methyl sites for hydroxylation is 2. The number of nitrogens with two attached hydrogens (primary N) is 1. The maximum Gasteiger partial charge on any atom is 0.472 e. The summed E-state index contributed by atoms with van der Waals surface area (Å²) in [6.07, 6.45) is 30.4. The van der Waals surface area contributed by atoms with Gasteiger partial charge in [-0.3, -0.25) is 18.6 Å². The Kier molecular flexibility index (Phi) is 29.5. The van der Waals surface area contributed by atoms with Crippen LogP contribution in [0.15, 0.2) is 53.0 Å². The highest BCUT2D eigenvalue weighted by Gasteiger charge is 2.26. The number of unbranched alkanes of at least 4 members (excludes halogenated alkanes) is 8. The Bertz CT molecular complexity index is 1330. The summed E-state index contributed by atoms with van der Waals surface area (Å²) in [6, 6.07) is 0. The molecular formula is C43H72NO10P. The van der Waals surface area contributed by atoms with Gasteiger partial charge in [-0.1, -0.05) is 101 Å². The van der Waals surface area contributed by atoms with Gasteiger partial charge in [-0.25, -0.2) is 4.57 Å². The molecule has 0 aliphatic carbocycles. The average molecular weight is 794 g/mol. The van der Waals surface area contributed by atoms with Crippen molar-refractivity contribution in [3.8, 4) is 0 Å². The van der Waals surface area contributed by atoms with Crippen molar-refractivity contribution in [2.45, 2.75) is 162 Å². The highest BCUT2D eigenvalue weighted by atomic mass is 31.2. The molecule has 55 heavy (non-hydrogen) atoms. The normalized spacial score (nSPS) is 14.4. The summed E-state index contributed by atoms with van der Waals surface area (Å²) >= 11 is 0. The van der Waals surface area contributed by atoms with Crippen LogP contribution in [0.2, 0.25) is 0 Å². The number of allylic oxidation sites excluding steroid dienone is 7. The Labute approximate surface area is 331 Å². The maximum absolute atomic E-state index is 12.6. The van der Waals surface area contributed by atoms with Crippen molar-refractivity contribution in [2.24, 2.45) is 5.73 Å². The van der Waals surface area contributed by atoms with Crippen molar-refractivity contribution in [1.29, 1.82) is 0 Å². The van der Waals surface area contributed by atoms with Crippen LogP contribution in [0.3, 0.4) is 0 Å². The van der Waals surface area contributed by atoms with Crippen molar-refractivity contribution in [1.82, 2.24) is 0 Å². The van der Waals surface area contributed by atoms with Crippen molar-refractivity contribution >= 4 is 19.8 Å². The van der Waals surface area contributed by atoms with E-state index in [2.05, 4.69) is 52.0 Å². The van der Waals surface area contributed by atoms with Crippen molar-refractivity contribution in [3.05, 3.63) is 71.3 Å². The number of carbonyl (C=O) groups is 2. The molecule has 0 spiro atoms. The van der Waals surface area contributed by atoms with E-state index in [-0.39, 0.29) is 32.6 Å². The van der Waals surface area contributed by atoms with Gasteiger partial charge in [0.2, 0.25) is 0 Å². The Morgan fingerprint density at radius 1 is 0.764 bits per heavy atom. The first kappa shape index (κ1) is 50.2. The van der Waals surface area contributed by atoms with E-state index in [9.17, 15) is 24.2 Å². The molecule has 1 heterocycles. The van der Waals surface area contributed by atoms with Gasteiger partial charge in [-0.2, -0.15) is 0 Å². The van der Waals surface area contributed by atoms with Gasteiger partial charge < -0.3 is 29.6 Å². The Morgan fingerprint density at radius 3 is 2.13 bits per heavy atom. The number of hydrogen-bond acceptors (Lipinski definition) is 10. The number of hydrogen-bond donors (Lipinski definition) is 3. The molecule has 4 N–H and O–H groups in total. The number of furan rings is 1. The van der Waals surface area contributed by atoms with Gasteiger partial charge in [-0.15, -0.1) is 0 Å². The van der Waals surface area contributed by atoms with Gasteiger partial charge in [0, 0.05) is 32.2 Å². The van der Waals surface area contributed by atoms with E-state index in [1.165, 1.54) is 30.4 Å². The maximum atomic E-state index is 12.6. The number of phosphoric acid groups is 1. The van der Waals surface area contributed by atoms with Crippen LogP contribution < -0.4 is 5.73 Å². The number of carbonyl (C=O) groups excluding carboxylic acids is 2. The predicted octanol–water partition coefficient (Wildman–Crippen LogP) is 9.79. The number of ether oxygens (including phenoxy) is 2. The molecule has 0 aliphatic rings. The minimum Gasteiger partial charge on any atom is -0.466 e. The summed E-state index contributed by atoms with van der Waals surface area (Å²) in [5, 5.41) is 10.2. The van der Waals surface area contributed by atoms with Crippen molar-refractivity contribution in [3.63, 3.8) is 0 Å². The number of aliphatic hydroxyl groups is 1. The molecule has 0 amide bonds. The zero-order chi connectivity index (χ0) is 40.6. The van der Waals surface area contributed by atoms with Crippen LogP contribution in [0.4, 0.5) is 0 Å². The summed E-state index contributed by atoms with van der Waals surface area (Å²) in [4.78, 5) is 34.9. The van der Waals surface area contributed by atoms with E-state index in [1.807, 2.05) is 12.2 Å². The number of rotatable bonds is 34. The fourth-order valence-electron chi connectivity index (χ4n) is 5.67. The molecule has 0 radical (unpaired) electrons. The van der Waals surface area contributed by atoms with E-state index in [4.69, 9.17) is 28.7 Å². The summed E-state index contributed by atoms with van der Waals surface area (Å²) in [6.45, 7) is 7.59. The van der Waals surface area contributed by atoms with Gasteiger partial charge in [0.1, 0.15) is 18.1 Å². The zero-order valence-corrected chi connectivity index (χ0v) is 35.1. The SMILES string of the molecule is CCCCC/C=C\C/C=C\C/C=C\C=C\[C@@H](O)CCCC(=O)OC[C@H](COP(=O)(O)OCCN)OC(=O)CCCCCCCCc1oc(CCC)c(C)c1C. The molecule has 0 bridgehead atoms. The highest BCUT2D eigenvalue weighted by Crippen LogP contribution is 2.43. The quantitative estimate of drug-likeness (QED) is 0.0200. The topological polar surface area (TPSA) is 168 Å². The number of esters is 2. The van der Waals surface area contributed by atoms with Crippen LogP contribution in [-0.4, -0.2) is 60.5 Å². The summed E-state index contributed by atoms with van der Waals surface area (Å²) < 4.78 is 38.7. The average Bonchev–Trinajstić information content (AvgIpc) is 3.42. The Balaban J connectivity index is 2.38. The van der Waals surface area contributed by atoms with Gasteiger partial charge in [0.25, 0.3) is 0 Å². The summed E-state index contributed by atoms with van der Waals surface area (Å²) in [5.41, 5.74) is 7.88. The lowest BCUT2D eigenvalue weighted by atomic mass is 10.0. The first-order valence-corrected chi connectivity index (χ1v) is 22.1. The highest BCUT2D eigenvalue weighted by molar-refractivity contribution is 7.47. The van der Waals surface area contributed by atoms with E-state index < -0.39 is 38.6 Å². The van der Waals surface area contributed by atoms with Crippen LogP contribution in [0.25, 0.3) is 0 Å². The molecule has 0 aromatic carbocycles. The van der Waals surface area contributed by atoms with Crippen LogP contribution >= 0.6 is 7.82 Å². The van der Waals surface area contributed by atoms with E-state index in [1.54, 1.807) is 12.2 Å². The predicted molar refractivity (Wildman–Crippen MR) is 220 cm³/mol. The lowest BCUT2D eigenvalue weighted by Gasteiger charge is -2.20. The molecule has 0 saturated carbocycles. The largest absolute Gasteiger partial charge is 0.472 e. The molecule has 0 aliphatic heterocycles. The molecule has 3 atom stereocenters. The van der Waals surface area contributed by atoms with E-state index in [0.29, 0.717) is 19.3 Å². The van der Waals surface area contributed by atoms with E-state index >= 15 is 0 Å². The minimum atomic E-state index is -4.44. The third-order valence-corrected chi connectivity index (χ3v) is 9.98. The summed E-state index contributed by atoms with van der Waals surface area (Å²) in [7, 11) is -4.44. The molecule has 1 aromatic heterocycles. The monoisotopic (exact) mass is 793 g/mol. The molecule has 1 unspecified atom stereocenters. The molecule has 314 valence electrons. The summed E-state index contributed by atoms with van der Waals surface area (Å²) in [5.74, 6) is 1.13. The number of aliphatic hydroxyl groups excluding tert-OH is 1. The van der Waals surface area contributed by atoms with Crippen molar-refractivity contribution < 1.29 is 47.1 Å². The molecule has 0 fully saturated rings. The van der Waals surface area contributed by atoms with Crippen LogP contribution in [0.1, 0.15) is 146 Å². The smallest absolute Gasteiger partial charge is 0.466 e. The molecule has 12 heteroatoms. The molecule has 11 nitrogen and oxygen atoms in total. The zero-order valence-electron chi connectivity index (χ0n) is 34.2. The lowest BCUT2D eigenvalue weighted by Crippen LogP contribution is -2.29. The molecular weight excluding hydrogens is 721 g/mol. The first-order valence-electron chi connectivity index (χ1n) is 20.6. The van der Waals surface area contributed by atoms with Gasteiger partial charge in [0.05, 0.1) is 19.3 Å². The van der Waals surface area contributed by atoms with Crippen LogP contribution in [-0.2, 0) is 45.5 Å². The first-order chi connectivity index (χ1) is 26.5. The van der Waals surface area contributed by atoms with Crippen LogP contribution in [0.5, 0.6) is 0 Å². The fourth-order valence-corrected chi connectivity index (χ4v) is 6.43. The molecule has 1 rings (SSSR count). The minimum absolute atomic E-state index is 0.0174. The second-order valence-corrected chi connectivity index (χ2v) is 15.4. The van der Waals surface area contributed by atoms with Crippen LogP contribution in [0, 0.1) is 13.8 Å². The van der Waals surface area contributed by atoms with Crippen molar-refractivity contribution in [2.75, 3.05) is 26.4 Å². The lowest BCUT2D eigenvalue weighted by molar-refractivity contribution is -0.161. The third-order valence-electron chi connectivity index (χ3n) is 8.99. The Hall–Kier alpha value is -2.79. The molecule has 1 aromatic rings. The second-order valence-electron chi connectivity index (χ2n) is 13.9.